The molecule has 0 aromatic heterocycles. The van der Waals surface area contributed by atoms with Crippen molar-refractivity contribution < 1.29 is 14.0 Å². The summed E-state index contributed by atoms with van der Waals surface area (Å²) in [6.45, 7) is 4.36. The van der Waals surface area contributed by atoms with Gasteiger partial charge in [-0.2, -0.15) is 0 Å². The fourth-order valence-corrected chi connectivity index (χ4v) is 3.26. The summed E-state index contributed by atoms with van der Waals surface area (Å²) >= 11 is 5.72. The Labute approximate surface area is 162 Å². The van der Waals surface area contributed by atoms with Crippen LogP contribution in [0, 0.1) is 12.7 Å². The van der Waals surface area contributed by atoms with E-state index in [1.54, 1.807) is 11.8 Å². The molecule has 0 spiro atoms. The number of aryl methyl sites for hydroxylation is 1. The molecule has 7 heteroatoms. The van der Waals surface area contributed by atoms with Crippen LogP contribution in [0.4, 0.5) is 21.5 Å². The van der Waals surface area contributed by atoms with Gasteiger partial charge in [0, 0.05) is 29.4 Å². The Bertz CT molecular complexity index is 888. The maximum atomic E-state index is 13.8. The smallest absolute Gasteiger partial charge is 0.246 e. The van der Waals surface area contributed by atoms with Gasteiger partial charge in [-0.3, -0.25) is 9.59 Å². The number of carbonyl (C=O) groups is 2. The molecule has 27 heavy (non-hydrogen) atoms. The lowest BCUT2D eigenvalue weighted by molar-refractivity contribution is -0.117. The van der Waals surface area contributed by atoms with Crippen molar-refractivity contribution in [2.45, 2.75) is 32.7 Å². The van der Waals surface area contributed by atoms with Gasteiger partial charge in [0.05, 0.1) is 5.69 Å². The van der Waals surface area contributed by atoms with Crippen LogP contribution in [0.5, 0.6) is 0 Å². The molecule has 1 unspecified atom stereocenters. The molecule has 0 bridgehead atoms. The molecule has 2 aromatic rings. The third kappa shape index (κ3) is 4.39. The Morgan fingerprint density at radius 3 is 2.67 bits per heavy atom. The highest BCUT2D eigenvalue weighted by molar-refractivity contribution is 6.30. The molecule has 1 saturated heterocycles. The predicted octanol–water partition coefficient (Wildman–Crippen LogP) is 4.35. The molecular formula is C20H21ClFN3O2. The summed E-state index contributed by atoms with van der Waals surface area (Å²) in [6, 6.07) is 9.11. The number of anilines is 3. The minimum Gasteiger partial charge on any atom is -0.374 e. The number of benzene rings is 2. The predicted molar refractivity (Wildman–Crippen MR) is 106 cm³/mol. The zero-order valence-electron chi connectivity index (χ0n) is 15.2. The van der Waals surface area contributed by atoms with E-state index in [0.29, 0.717) is 6.42 Å². The van der Waals surface area contributed by atoms with Gasteiger partial charge in [-0.15, -0.1) is 0 Å². The van der Waals surface area contributed by atoms with Crippen LogP contribution in [0.1, 0.15) is 25.3 Å². The zero-order chi connectivity index (χ0) is 19.6. The van der Waals surface area contributed by atoms with Gasteiger partial charge in [-0.05, 0) is 62.2 Å². The first kappa shape index (κ1) is 19.2. The van der Waals surface area contributed by atoms with Crippen LogP contribution in [-0.2, 0) is 9.59 Å². The van der Waals surface area contributed by atoms with Gasteiger partial charge >= 0.3 is 0 Å². The van der Waals surface area contributed by atoms with Crippen molar-refractivity contribution in [3.63, 3.8) is 0 Å². The van der Waals surface area contributed by atoms with E-state index in [1.165, 1.54) is 12.1 Å². The number of nitrogens with one attached hydrogen (secondary N) is 2. The summed E-state index contributed by atoms with van der Waals surface area (Å²) in [4.78, 5) is 26.0. The quantitative estimate of drug-likeness (QED) is 0.799. The Hall–Kier alpha value is -2.60. The van der Waals surface area contributed by atoms with E-state index in [4.69, 9.17) is 11.6 Å². The highest BCUT2D eigenvalue weighted by Crippen LogP contribution is 2.28. The number of amides is 2. The molecule has 5 nitrogen and oxygen atoms in total. The molecule has 0 saturated carbocycles. The molecule has 1 heterocycles. The lowest BCUT2D eigenvalue weighted by atomic mass is 10.1. The molecule has 2 aromatic carbocycles. The highest BCUT2D eigenvalue weighted by atomic mass is 35.5. The third-order valence-corrected chi connectivity index (χ3v) is 4.76. The van der Waals surface area contributed by atoms with E-state index in [0.717, 1.165) is 36.0 Å². The van der Waals surface area contributed by atoms with Crippen molar-refractivity contribution in [2.24, 2.45) is 0 Å². The Morgan fingerprint density at radius 1 is 1.26 bits per heavy atom. The van der Waals surface area contributed by atoms with Crippen molar-refractivity contribution in [1.29, 1.82) is 0 Å². The summed E-state index contributed by atoms with van der Waals surface area (Å²) in [5.74, 6) is -0.817. The molecule has 0 aliphatic carbocycles. The van der Waals surface area contributed by atoms with Crippen LogP contribution in [0.25, 0.3) is 0 Å². The number of nitrogens with zero attached hydrogens (tertiary/aromatic N) is 1. The van der Waals surface area contributed by atoms with Gasteiger partial charge in [0.25, 0.3) is 0 Å². The SMILES string of the molecule is Cc1cc(NC(C)C(=O)Nc2ccc(Cl)cc2F)ccc1N1CCCC1=O. The summed E-state index contributed by atoms with van der Waals surface area (Å²) in [5, 5.41) is 5.91. The molecular weight excluding hydrogens is 369 g/mol. The van der Waals surface area contributed by atoms with Crippen molar-refractivity contribution in [3.8, 4) is 0 Å². The Morgan fingerprint density at radius 2 is 2.04 bits per heavy atom. The number of hydrogen-bond donors (Lipinski definition) is 2. The fraction of sp³-hybridized carbons (Fsp3) is 0.300. The zero-order valence-corrected chi connectivity index (χ0v) is 15.9. The second-order valence-corrected chi connectivity index (χ2v) is 7.07. The maximum absolute atomic E-state index is 13.8. The second kappa shape index (κ2) is 7.96. The summed E-state index contributed by atoms with van der Waals surface area (Å²) in [6.07, 6.45) is 1.45. The van der Waals surface area contributed by atoms with Gasteiger partial charge in [-0.1, -0.05) is 11.6 Å². The number of hydrogen-bond acceptors (Lipinski definition) is 3. The molecule has 0 radical (unpaired) electrons. The minimum absolute atomic E-state index is 0.0807. The molecule has 1 fully saturated rings. The van der Waals surface area contributed by atoms with Crippen molar-refractivity contribution in [1.82, 2.24) is 0 Å². The minimum atomic E-state index is -0.585. The lowest BCUT2D eigenvalue weighted by Gasteiger charge is -2.20. The summed E-state index contributed by atoms with van der Waals surface area (Å²) in [5.41, 5.74) is 2.68. The van der Waals surface area contributed by atoms with Gasteiger partial charge in [0.15, 0.2) is 0 Å². The molecule has 142 valence electrons. The van der Waals surface area contributed by atoms with Crippen LogP contribution in [0.2, 0.25) is 5.02 Å². The fourth-order valence-electron chi connectivity index (χ4n) is 3.10. The van der Waals surface area contributed by atoms with Crippen molar-refractivity contribution in [3.05, 3.63) is 52.8 Å². The van der Waals surface area contributed by atoms with E-state index >= 15 is 0 Å². The van der Waals surface area contributed by atoms with E-state index in [2.05, 4.69) is 10.6 Å². The topological polar surface area (TPSA) is 61.4 Å². The molecule has 1 atom stereocenters. The van der Waals surface area contributed by atoms with E-state index in [9.17, 15) is 14.0 Å². The lowest BCUT2D eigenvalue weighted by Crippen LogP contribution is -2.32. The van der Waals surface area contributed by atoms with Crippen LogP contribution in [-0.4, -0.2) is 24.4 Å². The highest BCUT2D eigenvalue weighted by Gasteiger charge is 2.23. The standard InChI is InChI=1S/C20H21ClFN3O2/c1-12-10-15(6-8-18(12)25-9-3-4-19(25)26)23-13(2)20(27)24-17-7-5-14(21)11-16(17)22/h5-8,10-11,13,23H,3-4,9H2,1-2H3,(H,24,27). The normalized spacial score (nSPS) is 15.0. The molecule has 1 aliphatic rings. The third-order valence-electron chi connectivity index (χ3n) is 4.53. The van der Waals surface area contributed by atoms with Crippen LogP contribution < -0.4 is 15.5 Å². The van der Waals surface area contributed by atoms with E-state index < -0.39 is 11.9 Å². The average molecular weight is 390 g/mol. The largest absolute Gasteiger partial charge is 0.374 e. The molecule has 2 amide bonds. The first-order valence-electron chi connectivity index (χ1n) is 8.78. The number of halogens is 2. The first-order chi connectivity index (χ1) is 12.8. The number of rotatable bonds is 5. The van der Waals surface area contributed by atoms with Crippen LogP contribution in [0.3, 0.4) is 0 Å². The van der Waals surface area contributed by atoms with Gasteiger partial charge in [0.2, 0.25) is 11.8 Å². The molecule has 1 aliphatic heterocycles. The monoisotopic (exact) mass is 389 g/mol. The van der Waals surface area contributed by atoms with Gasteiger partial charge in [-0.25, -0.2) is 4.39 Å². The molecule has 3 rings (SSSR count). The van der Waals surface area contributed by atoms with Crippen LogP contribution in [0.15, 0.2) is 36.4 Å². The van der Waals surface area contributed by atoms with Crippen molar-refractivity contribution in [2.75, 3.05) is 22.1 Å². The van der Waals surface area contributed by atoms with E-state index in [1.807, 2.05) is 25.1 Å². The number of carbonyl (C=O) groups excluding carboxylic acids is 2. The Kier molecular flexibility index (Phi) is 5.65. The average Bonchev–Trinajstić information content (AvgIpc) is 3.03. The second-order valence-electron chi connectivity index (χ2n) is 6.63. The summed E-state index contributed by atoms with van der Waals surface area (Å²) in [7, 11) is 0. The maximum Gasteiger partial charge on any atom is 0.246 e. The van der Waals surface area contributed by atoms with Gasteiger partial charge < -0.3 is 15.5 Å². The van der Waals surface area contributed by atoms with Crippen molar-refractivity contribution >= 4 is 40.5 Å². The summed E-state index contributed by atoms with van der Waals surface area (Å²) < 4.78 is 13.8. The Balaban J connectivity index is 1.66. The van der Waals surface area contributed by atoms with E-state index in [-0.39, 0.29) is 22.5 Å². The van der Waals surface area contributed by atoms with Crippen LogP contribution >= 0.6 is 11.6 Å². The van der Waals surface area contributed by atoms with Gasteiger partial charge in [0.1, 0.15) is 11.9 Å². The molecule has 2 N–H and O–H groups in total. The first-order valence-corrected chi connectivity index (χ1v) is 9.16.